The molecule has 1 aliphatic rings. The molecule has 0 unspecified atom stereocenters. The van der Waals surface area contributed by atoms with Gasteiger partial charge in [0.2, 0.25) is 0 Å². The third-order valence-electron chi connectivity index (χ3n) is 3.27. The summed E-state index contributed by atoms with van der Waals surface area (Å²) in [7, 11) is 1.60. The van der Waals surface area contributed by atoms with Crippen molar-refractivity contribution in [1.29, 1.82) is 0 Å². The third kappa shape index (κ3) is 3.09. The molecule has 1 fully saturated rings. The van der Waals surface area contributed by atoms with Crippen LogP contribution >= 0.6 is 15.9 Å². The number of ether oxygens (including phenoxy) is 2. The molecule has 1 amide bonds. The predicted molar refractivity (Wildman–Crippen MR) is 76.6 cm³/mol. The van der Waals surface area contributed by atoms with Gasteiger partial charge in [-0.1, -0.05) is 0 Å². The number of carbonyl (C=O) groups excluding carboxylic acids is 1. The lowest BCUT2D eigenvalue weighted by molar-refractivity contribution is -0.0387. The number of nitrogens with zero attached hydrogens (tertiary/aromatic N) is 1. The summed E-state index contributed by atoms with van der Waals surface area (Å²) in [6.07, 6.45) is 0.0850. The lowest BCUT2D eigenvalue weighted by Crippen LogP contribution is -2.50. The minimum Gasteiger partial charge on any atom is -0.496 e. The van der Waals surface area contributed by atoms with Crippen LogP contribution < -0.4 is 4.74 Å². The van der Waals surface area contributed by atoms with Gasteiger partial charge in [-0.3, -0.25) is 4.79 Å². The summed E-state index contributed by atoms with van der Waals surface area (Å²) < 4.78 is 11.5. The van der Waals surface area contributed by atoms with E-state index in [9.17, 15) is 4.79 Å². The molecule has 0 spiro atoms. The highest BCUT2D eigenvalue weighted by Gasteiger charge is 2.28. The van der Waals surface area contributed by atoms with Gasteiger partial charge < -0.3 is 14.4 Å². The Hall–Kier alpha value is -1.07. The number of halogens is 1. The normalized spacial score (nSPS) is 23.3. The van der Waals surface area contributed by atoms with Crippen LogP contribution in [0.4, 0.5) is 0 Å². The zero-order valence-corrected chi connectivity index (χ0v) is 12.9. The summed E-state index contributed by atoms with van der Waals surface area (Å²) in [5.41, 5.74) is 0.661. The summed E-state index contributed by atoms with van der Waals surface area (Å²) in [6, 6.07) is 5.49. The first-order valence-electron chi connectivity index (χ1n) is 6.29. The fourth-order valence-corrected chi connectivity index (χ4v) is 2.69. The topological polar surface area (TPSA) is 38.8 Å². The van der Waals surface area contributed by atoms with Crippen molar-refractivity contribution < 1.29 is 14.3 Å². The van der Waals surface area contributed by atoms with E-state index in [1.165, 1.54) is 0 Å². The van der Waals surface area contributed by atoms with Crippen molar-refractivity contribution in [3.8, 4) is 5.75 Å². The zero-order valence-electron chi connectivity index (χ0n) is 11.4. The monoisotopic (exact) mass is 327 g/mol. The van der Waals surface area contributed by atoms with E-state index in [-0.39, 0.29) is 18.1 Å². The highest BCUT2D eigenvalue weighted by atomic mass is 79.9. The molecule has 104 valence electrons. The number of benzene rings is 1. The first-order valence-corrected chi connectivity index (χ1v) is 7.08. The Morgan fingerprint density at radius 1 is 1.47 bits per heavy atom. The van der Waals surface area contributed by atoms with Crippen molar-refractivity contribution in [2.24, 2.45) is 0 Å². The van der Waals surface area contributed by atoms with Crippen LogP contribution in [-0.2, 0) is 4.74 Å². The Labute approximate surface area is 121 Å². The minimum absolute atomic E-state index is 0.0333. The number of carbonyl (C=O) groups is 1. The largest absolute Gasteiger partial charge is 0.496 e. The van der Waals surface area contributed by atoms with Gasteiger partial charge in [-0.25, -0.2) is 0 Å². The maximum Gasteiger partial charge on any atom is 0.254 e. The van der Waals surface area contributed by atoms with Crippen LogP contribution in [0.1, 0.15) is 24.2 Å². The lowest BCUT2D eigenvalue weighted by atomic mass is 10.1. The van der Waals surface area contributed by atoms with Gasteiger partial charge in [0, 0.05) is 12.1 Å². The molecule has 2 atom stereocenters. The summed E-state index contributed by atoms with van der Waals surface area (Å²) >= 11 is 3.41. The van der Waals surface area contributed by atoms with E-state index >= 15 is 0 Å². The van der Waals surface area contributed by atoms with E-state index in [0.29, 0.717) is 18.7 Å². The molecule has 0 aromatic heterocycles. The Morgan fingerprint density at radius 3 is 2.84 bits per heavy atom. The molecule has 0 aliphatic carbocycles. The van der Waals surface area contributed by atoms with Gasteiger partial charge in [0.15, 0.2) is 0 Å². The molecule has 1 saturated heterocycles. The number of rotatable bonds is 2. The van der Waals surface area contributed by atoms with Gasteiger partial charge in [0.1, 0.15) is 5.75 Å². The van der Waals surface area contributed by atoms with E-state index in [0.717, 1.165) is 10.2 Å². The van der Waals surface area contributed by atoms with Crippen molar-refractivity contribution in [3.63, 3.8) is 0 Å². The van der Waals surface area contributed by atoms with Crippen molar-refractivity contribution in [1.82, 2.24) is 4.90 Å². The molecule has 0 bridgehead atoms. The average Bonchev–Trinajstić information content (AvgIpc) is 2.40. The van der Waals surface area contributed by atoms with Crippen LogP contribution in [0.5, 0.6) is 5.75 Å². The fourth-order valence-electron chi connectivity index (χ4n) is 2.15. The van der Waals surface area contributed by atoms with Crippen LogP contribution in [0.2, 0.25) is 0 Å². The molecule has 0 saturated carbocycles. The molecule has 0 N–H and O–H groups in total. The molecule has 2 rings (SSSR count). The van der Waals surface area contributed by atoms with Gasteiger partial charge in [0.05, 0.1) is 30.3 Å². The predicted octanol–water partition coefficient (Wildman–Crippen LogP) is 2.71. The molecule has 4 nitrogen and oxygen atoms in total. The zero-order chi connectivity index (χ0) is 14.0. The first-order chi connectivity index (χ1) is 9.02. The van der Waals surface area contributed by atoms with Gasteiger partial charge in [-0.15, -0.1) is 0 Å². The molecule has 5 heteroatoms. The Kier molecular flexibility index (Phi) is 4.47. The maximum atomic E-state index is 12.5. The quantitative estimate of drug-likeness (QED) is 0.838. The molecule has 1 aromatic rings. The number of methoxy groups -OCH3 is 1. The Balaban J connectivity index is 2.21. The number of hydrogen-bond donors (Lipinski definition) is 0. The second-order valence-corrected chi connectivity index (χ2v) is 5.65. The summed E-state index contributed by atoms with van der Waals surface area (Å²) in [4.78, 5) is 14.4. The van der Waals surface area contributed by atoms with E-state index in [2.05, 4.69) is 15.9 Å². The smallest absolute Gasteiger partial charge is 0.254 e. The molecule has 1 heterocycles. The SMILES string of the molecule is COc1ccc(C(=O)N2C[C@H](C)OC[C@@H]2C)cc1Br. The van der Waals surface area contributed by atoms with Crippen LogP contribution in [0, 0.1) is 0 Å². The first kappa shape index (κ1) is 14.3. The van der Waals surface area contributed by atoms with E-state index in [1.54, 1.807) is 25.3 Å². The molecule has 1 aromatic carbocycles. The van der Waals surface area contributed by atoms with Gasteiger partial charge in [-0.2, -0.15) is 0 Å². The van der Waals surface area contributed by atoms with Crippen molar-refractivity contribution in [3.05, 3.63) is 28.2 Å². The second-order valence-electron chi connectivity index (χ2n) is 4.80. The van der Waals surface area contributed by atoms with E-state index < -0.39 is 0 Å². The van der Waals surface area contributed by atoms with Crippen LogP contribution in [0.15, 0.2) is 22.7 Å². The standard InChI is InChI=1S/C14H18BrNO3/c1-9-8-19-10(2)7-16(9)14(17)11-4-5-13(18-3)12(15)6-11/h4-6,9-10H,7-8H2,1-3H3/t9-,10-/m0/s1. The highest BCUT2D eigenvalue weighted by molar-refractivity contribution is 9.10. The molecule has 0 radical (unpaired) electrons. The third-order valence-corrected chi connectivity index (χ3v) is 3.89. The van der Waals surface area contributed by atoms with Crippen LogP contribution in [0.3, 0.4) is 0 Å². The van der Waals surface area contributed by atoms with Gasteiger partial charge in [0.25, 0.3) is 5.91 Å². The second kappa shape index (κ2) is 5.92. The maximum absolute atomic E-state index is 12.5. The summed E-state index contributed by atoms with van der Waals surface area (Å²) in [5.74, 6) is 0.756. The van der Waals surface area contributed by atoms with Crippen molar-refractivity contribution in [2.75, 3.05) is 20.3 Å². The Bertz CT molecular complexity index is 478. The van der Waals surface area contributed by atoms with E-state index in [1.807, 2.05) is 18.7 Å². The molecule has 1 aliphatic heterocycles. The average molecular weight is 328 g/mol. The number of morpholine rings is 1. The summed E-state index contributed by atoms with van der Waals surface area (Å²) in [5, 5.41) is 0. The van der Waals surface area contributed by atoms with Crippen molar-refractivity contribution in [2.45, 2.75) is 26.0 Å². The Morgan fingerprint density at radius 2 is 2.21 bits per heavy atom. The lowest BCUT2D eigenvalue weighted by Gasteiger charge is -2.36. The molecular formula is C14H18BrNO3. The van der Waals surface area contributed by atoms with Crippen molar-refractivity contribution >= 4 is 21.8 Å². The molecular weight excluding hydrogens is 310 g/mol. The van der Waals surface area contributed by atoms with Crippen LogP contribution in [-0.4, -0.2) is 43.2 Å². The molecule has 19 heavy (non-hydrogen) atoms. The highest BCUT2D eigenvalue weighted by Crippen LogP contribution is 2.26. The van der Waals surface area contributed by atoms with Gasteiger partial charge in [-0.05, 0) is 48.0 Å². The van der Waals surface area contributed by atoms with E-state index in [4.69, 9.17) is 9.47 Å². The van der Waals surface area contributed by atoms with Gasteiger partial charge >= 0.3 is 0 Å². The summed E-state index contributed by atoms with van der Waals surface area (Å²) in [6.45, 7) is 5.20. The number of amides is 1. The fraction of sp³-hybridized carbons (Fsp3) is 0.500. The number of hydrogen-bond acceptors (Lipinski definition) is 3. The van der Waals surface area contributed by atoms with Crippen LogP contribution in [0.25, 0.3) is 0 Å². The minimum atomic E-state index is 0.0333.